The Kier molecular flexibility index (Phi) is 8.41. The number of anilines is 1. The first-order valence-electron chi connectivity index (χ1n) is 10.5. The summed E-state index contributed by atoms with van der Waals surface area (Å²) in [5, 5.41) is 2.59. The Balaban J connectivity index is 1.64. The van der Waals surface area contributed by atoms with Gasteiger partial charge in [-0.3, -0.25) is 19.3 Å². The van der Waals surface area contributed by atoms with E-state index in [1.165, 1.54) is 0 Å². The smallest absolute Gasteiger partial charge is 0.294 e. The van der Waals surface area contributed by atoms with E-state index in [0.717, 1.165) is 23.1 Å². The van der Waals surface area contributed by atoms with Crippen molar-refractivity contribution in [1.29, 1.82) is 0 Å². The minimum atomic E-state index is -0.525. The molecule has 0 aliphatic carbocycles. The highest BCUT2D eigenvalue weighted by Gasteiger charge is 2.36. The Morgan fingerprint density at radius 3 is 2.55 bits per heavy atom. The highest BCUT2D eigenvalue weighted by molar-refractivity contribution is 8.18. The summed E-state index contributed by atoms with van der Waals surface area (Å²) in [7, 11) is 0. The lowest BCUT2D eigenvalue weighted by atomic mass is 10.2. The van der Waals surface area contributed by atoms with Crippen molar-refractivity contribution in [3.63, 3.8) is 0 Å². The average molecular weight is 489 g/mol. The molecule has 33 heavy (non-hydrogen) atoms. The molecule has 0 saturated carbocycles. The van der Waals surface area contributed by atoms with E-state index in [1.54, 1.807) is 48.5 Å². The molecule has 1 saturated heterocycles. The second-order valence-electron chi connectivity index (χ2n) is 7.30. The van der Waals surface area contributed by atoms with Crippen LogP contribution in [0, 0.1) is 0 Å². The van der Waals surface area contributed by atoms with Crippen molar-refractivity contribution >= 4 is 52.2 Å². The van der Waals surface area contributed by atoms with E-state index in [4.69, 9.17) is 21.1 Å². The van der Waals surface area contributed by atoms with Gasteiger partial charge in [0.15, 0.2) is 0 Å². The number of rotatable bonds is 9. The molecule has 1 atom stereocenters. The largest absolute Gasteiger partial charge is 0.494 e. The molecule has 3 amide bonds. The van der Waals surface area contributed by atoms with E-state index >= 15 is 0 Å². The fraction of sp³-hybridized carbons (Fsp3) is 0.292. The second kappa shape index (κ2) is 11.2. The number of hydrogen-bond acceptors (Lipinski definition) is 6. The van der Waals surface area contributed by atoms with Crippen LogP contribution in [0.1, 0.15) is 32.8 Å². The van der Waals surface area contributed by atoms with Crippen LogP contribution >= 0.6 is 23.4 Å². The normalized spacial score (nSPS) is 15.6. The summed E-state index contributed by atoms with van der Waals surface area (Å²) in [6.45, 7) is 6.01. The van der Waals surface area contributed by atoms with Crippen LogP contribution < -0.4 is 14.8 Å². The van der Waals surface area contributed by atoms with Crippen molar-refractivity contribution in [3.8, 4) is 11.5 Å². The van der Waals surface area contributed by atoms with Gasteiger partial charge in [-0.05, 0) is 80.1 Å². The van der Waals surface area contributed by atoms with Gasteiger partial charge in [0.1, 0.15) is 18.0 Å². The van der Waals surface area contributed by atoms with Gasteiger partial charge in [-0.1, -0.05) is 24.6 Å². The molecule has 1 N–H and O–H groups in total. The second-order valence-corrected chi connectivity index (χ2v) is 8.70. The Bertz CT molecular complexity index is 1070. The molecule has 0 unspecified atom stereocenters. The number of carbonyl (C=O) groups excluding carboxylic acids is 3. The quantitative estimate of drug-likeness (QED) is 0.463. The van der Waals surface area contributed by atoms with Crippen molar-refractivity contribution in [2.45, 2.75) is 33.3 Å². The topological polar surface area (TPSA) is 84.9 Å². The maximum absolute atomic E-state index is 12.7. The van der Waals surface area contributed by atoms with Crippen LogP contribution in [0.3, 0.4) is 0 Å². The number of imide groups is 1. The number of benzene rings is 2. The molecule has 0 aromatic heterocycles. The lowest BCUT2D eigenvalue weighted by Gasteiger charge is -2.14. The number of amides is 3. The highest BCUT2D eigenvalue weighted by atomic mass is 35.5. The minimum Gasteiger partial charge on any atom is -0.494 e. The molecule has 1 aliphatic heterocycles. The molecule has 1 fully saturated rings. The van der Waals surface area contributed by atoms with E-state index in [0.29, 0.717) is 34.4 Å². The van der Waals surface area contributed by atoms with Crippen LogP contribution in [-0.4, -0.2) is 41.2 Å². The standard InChI is InChI=1S/C24H25ClN2O5S/c1-4-15(3)32-20-11-6-16(12-19(20)25)13-21-23(29)27(24(30)33-21)14-22(28)26-17-7-9-18(10-8-17)31-5-2/h6-13,15H,4-5,14H2,1-3H3,(H,26,28)/b21-13-/t15-/m1/s1. The van der Waals surface area contributed by atoms with E-state index in [2.05, 4.69) is 5.32 Å². The lowest BCUT2D eigenvalue weighted by Crippen LogP contribution is -2.36. The summed E-state index contributed by atoms with van der Waals surface area (Å²) in [6, 6.07) is 12.0. The van der Waals surface area contributed by atoms with E-state index in [9.17, 15) is 14.4 Å². The number of nitrogens with zero attached hydrogens (tertiary/aromatic N) is 1. The zero-order chi connectivity index (χ0) is 24.0. The lowest BCUT2D eigenvalue weighted by molar-refractivity contribution is -0.127. The molecule has 174 valence electrons. The molecule has 7 nitrogen and oxygen atoms in total. The molecule has 0 spiro atoms. The zero-order valence-corrected chi connectivity index (χ0v) is 20.2. The number of nitrogens with one attached hydrogen (secondary N) is 1. The number of halogens is 1. The summed E-state index contributed by atoms with van der Waals surface area (Å²) in [4.78, 5) is 38.6. The number of carbonyl (C=O) groups is 3. The van der Waals surface area contributed by atoms with Crippen LogP contribution in [0.15, 0.2) is 47.4 Å². The molecule has 2 aromatic rings. The van der Waals surface area contributed by atoms with E-state index < -0.39 is 17.1 Å². The fourth-order valence-electron chi connectivity index (χ4n) is 2.94. The van der Waals surface area contributed by atoms with Crippen molar-refractivity contribution in [3.05, 3.63) is 58.0 Å². The maximum Gasteiger partial charge on any atom is 0.294 e. The Morgan fingerprint density at radius 1 is 1.18 bits per heavy atom. The van der Waals surface area contributed by atoms with Crippen LogP contribution in [-0.2, 0) is 9.59 Å². The van der Waals surface area contributed by atoms with Gasteiger partial charge < -0.3 is 14.8 Å². The van der Waals surface area contributed by atoms with Crippen molar-refractivity contribution < 1.29 is 23.9 Å². The van der Waals surface area contributed by atoms with Gasteiger partial charge in [0, 0.05) is 5.69 Å². The van der Waals surface area contributed by atoms with Gasteiger partial charge >= 0.3 is 0 Å². The van der Waals surface area contributed by atoms with Gasteiger partial charge in [0.05, 0.1) is 22.6 Å². The Hall–Kier alpha value is -2.97. The Morgan fingerprint density at radius 2 is 1.91 bits per heavy atom. The number of ether oxygens (including phenoxy) is 2. The highest BCUT2D eigenvalue weighted by Crippen LogP contribution is 2.34. The first kappa shape index (κ1) is 24.7. The van der Waals surface area contributed by atoms with Gasteiger partial charge in [-0.15, -0.1) is 0 Å². The molecule has 0 radical (unpaired) electrons. The number of thioether (sulfide) groups is 1. The average Bonchev–Trinajstić information content (AvgIpc) is 3.04. The SMILES string of the molecule is CCOc1ccc(NC(=O)CN2C(=O)S/C(=C\c3ccc(O[C@H](C)CC)c(Cl)c3)C2=O)cc1. The monoisotopic (exact) mass is 488 g/mol. The maximum atomic E-state index is 12.7. The van der Waals surface area contributed by atoms with Crippen LogP contribution in [0.2, 0.25) is 5.02 Å². The minimum absolute atomic E-state index is 0.0265. The third kappa shape index (κ3) is 6.52. The van der Waals surface area contributed by atoms with Crippen molar-refractivity contribution in [2.75, 3.05) is 18.5 Å². The molecular weight excluding hydrogens is 464 g/mol. The Labute approximate surface area is 202 Å². The molecule has 0 bridgehead atoms. The van der Waals surface area contributed by atoms with Gasteiger partial charge in [-0.25, -0.2) is 0 Å². The summed E-state index contributed by atoms with van der Waals surface area (Å²) < 4.78 is 11.1. The molecule has 1 heterocycles. The van der Waals surface area contributed by atoms with Crippen LogP contribution in [0.4, 0.5) is 10.5 Å². The van der Waals surface area contributed by atoms with Gasteiger partial charge in [-0.2, -0.15) is 0 Å². The van der Waals surface area contributed by atoms with Crippen molar-refractivity contribution in [2.24, 2.45) is 0 Å². The van der Waals surface area contributed by atoms with Gasteiger partial charge in [0.25, 0.3) is 11.1 Å². The van der Waals surface area contributed by atoms with Crippen LogP contribution in [0.5, 0.6) is 11.5 Å². The molecular formula is C24H25ClN2O5S. The first-order chi connectivity index (χ1) is 15.8. The summed E-state index contributed by atoms with van der Waals surface area (Å²) in [5.41, 5.74) is 1.20. The summed E-state index contributed by atoms with van der Waals surface area (Å²) >= 11 is 7.08. The summed E-state index contributed by atoms with van der Waals surface area (Å²) in [5.74, 6) is 0.244. The molecule has 1 aliphatic rings. The third-order valence-corrected chi connectivity index (χ3v) is 5.98. The van der Waals surface area contributed by atoms with Gasteiger partial charge in [0.2, 0.25) is 5.91 Å². The molecule has 2 aromatic carbocycles. The van der Waals surface area contributed by atoms with Crippen LogP contribution in [0.25, 0.3) is 6.08 Å². The third-order valence-electron chi connectivity index (χ3n) is 4.78. The predicted molar refractivity (Wildman–Crippen MR) is 131 cm³/mol. The fourth-order valence-corrected chi connectivity index (χ4v) is 4.01. The molecule has 9 heteroatoms. The first-order valence-corrected chi connectivity index (χ1v) is 11.7. The van der Waals surface area contributed by atoms with E-state index in [1.807, 2.05) is 20.8 Å². The summed E-state index contributed by atoms with van der Waals surface area (Å²) in [6.07, 6.45) is 2.45. The zero-order valence-electron chi connectivity index (χ0n) is 18.6. The predicted octanol–water partition coefficient (Wildman–Crippen LogP) is 5.59. The van der Waals surface area contributed by atoms with E-state index in [-0.39, 0.29) is 17.6 Å². The number of hydrogen-bond donors (Lipinski definition) is 1. The molecule has 3 rings (SSSR count). The van der Waals surface area contributed by atoms with Crippen molar-refractivity contribution in [1.82, 2.24) is 4.90 Å².